The lowest BCUT2D eigenvalue weighted by Gasteiger charge is -2.34. The van der Waals surface area contributed by atoms with Gasteiger partial charge in [0.25, 0.3) is 0 Å². The number of likely N-dealkylation sites (tertiary alicyclic amines) is 1. The smallest absolute Gasteiger partial charge is 0.408 e. The maximum Gasteiger partial charge on any atom is 0.408 e. The molecule has 0 unspecified atom stereocenters. The number of rotatable bonds is 9. The van der Waals surface area contributed by atoms with Crippen LogP contribution in [0, 0.1) is 11.8 Å². The SMILES string of the molecule is CCOC(=O)[C@H]1[C@H](C(=O)OCC)N1C(=O)C1CCN(C(=O)[C@H](CC(C)C)NC(=O)OC(C)(C)C)CC1. The molecule has 2 saturated heterocycles. The Labute approximate surface area is 213 Å². The fourth-order valence-corrected chi connectivity index (χ4v) is 4.37. The lowest BCUT2D eigenvalue weighted by molar-refractivity contribution is -0.147. The Balaban J connectivity index is 2.01. The molecule has 1 N–H and O–H groups in total. The number of piperidine rings is 1. The highest BCUT2D eigenvalue weighted by atomic mass is 16.6. The highest BCUT2D eigenvalue weighted by Crippen LogP contribution is 2.35. The molecule has 0 aromatic carbocycles. The maximum atomic E-state index is 13.2. The van der Waals surface area contributed by atoms with Gasteiger partial charge in [0.15, 0.2) is 12.1 Å². The predicted molar refractivity (Wildman–Crippen MR) is 130 cm³/mol. The summed E-state index contributed by atoms with van der Waals surface area (Å²) in [6.45, 7) is 13.4. The maximum absolute atomic E-state index is 13.2. The van der Waals surface area contributed by atoms with Gasteiger partial charge in [0.1, 0.15) is 11.6 Å². The number of amides is 3. The Kier molecular flexibility index (Phi) is 10.1. The molecule has 2 rings (SSSR count). The molecule has 11 heteroatoms. The first-order chi connectivity index (χ1) is 16.8. The summed E-state index contributed by atoms with van der Waals surface area (Å²) in [4.78, 5) is 66.1. The van der Waals surface area contributed by atoms with Gasteiger partial charge in [-0.25, -0.2) is 14.4 Å². The number of carbonyl (C=O) groups excluding carboxylic acids is 5. The lowest BCUT2D eigenvalue weighted by atomic mass is 9.94. The molecule has 0 aliphatic carbocycles. The van der Waals surface area contributed by atoms with Gasteiger partial charge in [0.05, 0.1) is 13.2 Å². The van der Waals surface area contributed by atoms with Crippen molar-refractivity contribution >= 4 is 29.8 Å². The van der Waals surface area contributed by atoms with Gasteiger partial charge in [-0.05, 0) is 59.8 Å². The summed E-state index contributed by atoms with van der Waals surface area (Å²) >= 11 is 0. The summed E-state index contributed by atoms with van der Waals surface area (Å²) in [7, 11) is 0. The van der Waals surface area contributed by atoms with Crippen molar-refractivity contribution in [3.05, 3.63) is 0 Å². The number of esters is 2. The van der Waals surface area contributed by atoms with Crippen molar-refractivity contribution in [3.63, 3.8) is 0 Å². The summed E-state index contributed by atoms with van der Waals surface area (Å²) in [5, 5.41) is 2.69. The van der Waals surface area contributed by atoms with E-state index in [0.717, 1.165) is 0 Å². The van der Waals surface area contributed by atoms with E-state index >= 15 is 0 Å². The molecule has 0 bridgehead atoms. The number of hydrogen-bond donors (Lipinski definition) is 1. The fraction of sp³-hybridized carbons (Fsp3) is 0.800. The third-order valence-corrected chi connectivity index (χ3v) is 5.97. The summed E-state index contributed by atoms with van der Waals surface area (Å²) in [5.41, 5.74) is -0.685. The van der Waals surface area contributed by atoms with E-state index in [1.54, 1.807) is 39.5 Å². The average molecular weight is 512 g/mol. The van der Waals surface area contributed by atoms with Crippen LogP contribution in [0.4, 0.5) is 4.79 Å². The third-order valence-electron chi connectivity index (χ3n) is 5.97. The van der Waals surface area contributed by atoms with E-state index in [9.17, 15) is 24.0 Å². The zero-order valence-corrected chi connectivity index (χ0v) is 22.5. The zero-order chi connectivity index (χ0) is 27.2. The highest BCUT2D eigenvalue weighted by molar-refractivity contribution is 6.01. The molecule has 0 saturated carbocycles. The Bertz CT molecular complexity index is 806. The topological polar surface area (TPSA) is 131 Å². The molecule has 2 heterocycles. The van der Waals surface area contributed by atoms with Crippen LogP contribution in [0.5, 0.6) is 0 Å². The van der Waals surface area contributed by atoms with Crippen LogP contribution in [0.15, 0.2) is 0 Å². The van der Waals surface area contributed by atoms with Crippen molar-refractivity contribution in [1.82, 2.24) is 15.1 Å². The summed E-state index contributed by atoms with van der Waals surface area (Å²) in [5.74, 6) is -2.06. The molecule has 0 spiro atoms. The molecule has 0 aromatic rings. The van der Waals surface area contributed by atoms with Crippen molar-refractivity contribution in [2.24, 2.45) is 11.8 Å². The average Bonchev–Trinajstić information content (AvgIpc) is 3.52. The molecule has 2 fully saturated rings. The molecule has 3 amide bonds. The summed E-state index contributed by atoms with van der Waals surface area (Å²) in [6, 6.07) is -2.67. The van der Waals surface area contributed by atoms with Crippen LogP contribution in [0.3, 0.4) is 0 Å². The quantitative estimate of drug-likeness (QED) is 0.282. The van der Waals surface area contributed by atoms with E-state index in [2.05, 4.69) is 5.32 Å². The van der Waals surface area contributed by atoms with E-state index in [-0.39, 0.29) is 30.9 Å². The molecule has 11 nitrogen and oxygen atoms in total. The first-order valence-electron chi connectivity index (χ1n) is 12.7. The van der Waals surface area contributed by atoms with Gasteiger partial charge in [0.2, 0.25) is 11.8 Å². The molecule has 2 aliphatic heterocycles. The molecular weight excluding hydrogens is 470 g/mol. The van der Waals surface area contributed by atoms with Gasteiger partial charge < -0.3 is 29.3 Å². The number of ether oxygens (including phenoxy) is 3. The Morgan fingerprint density at radius 3 is 1.83 bits per heavy atom. The van der Waals surface area contributed by atoms with E-state index < -0.39 is 47.7 Å². The van der Waals surface area contributed by atoms with Crippen molar-refractivity contribution in [2.45, 2.75) is 91.5 Å². The minimum absolute atomic E-state index is 0.141. The highest BCUT2D eigenvalue weighted by Gasteiger charge is 2.62. The molecule has 3 atom stereocenters. The van der Waals surface area contributed by atoms with Gasteiger partial charge >= 0.3 is 18.0 Å². The molecule has 2 aliphatic rings. The molecule has 204 valence electrons. The standard InChI is InChI=1S/C25H41N3O8/c1-8-34-22(31)18-19(23(32)35-9-2)28(18)20(29)16-10-12-27(13-11-16)21(30)17(14-15(3)4)26-24(33)36-25(5,6)7/h15-19H,8-14H2,1-7H3,(H,26,33)/t17-,18+,19+/m0/s1. The van der Waals surface area contributed by atoms with E-state index in [4.69, 9.17) is 14.2 Å². The van der Waals surface area contributed by atoms with Crippen LogP contribution in [-0.2, 0) is 33.4 Å². The number of hydrogen-bond acceptors (Lipinski definition) is 8. The van der Waals surface area contributed by atoms with Crippen LogP contribution in [0.25, 0.3) is 0 Å². The van der Waals surface area contributed by atoms with Crippen LogP contribution in [-0.4, -0.2) is 89.7 Å². The predicted octanol–water partition coefficient (Wildman–Crippen LogP) is 1.87. The van der Waals surface area contributed by atoms with Gasteiger partial charge in [-0.2, -0.15) is 0 Å². The first-order valence-corrected chi connectivity index (χ1v) is 12.7. The second kappa shape index (κ2) is 12.4. The van der Waals surface area contributed by atoms with E-state index in [1.165, 1.54) is 4.90 Å². The van der Waals surface area contributed by atoms with Crippen LogP contribution >= 0.6 is 0 Å². The van der Waals surface area contributed by atoms with Gasteiger partial charge in [-0.1, -0.05) is 13.8 Å². The van der Waals surface area contributed by atoms with Crippen molar-refractivity contribution in [3.8, 4) is 0 Å². The Hall–Kier alpha value is -2.85. The second-order valence-corrected chi connectivity index (χ2v) is 10.6. The number of carbonyl (C=O) groups is 5. The second-order valence-electron chi connectivity index (χ2n) is 10.6. The van der Waals surface area contributed by atoms with E-state index in [0.29, 0.717) is 32.4 Å². The summed E-state index contributed by atoms with van der Waals surface area (Å²) < 4.78 is 15.4. The lowest BCUT2D eigenvalue weighted by Crippen LogP contribution is -2.52. The normalized spacial score (nSPS) is 21.0. The van der Waals surface area contributed by atoms with Crippen LogP contribution < -0.4 is 5.32 Å². The fourth-order valence-electron chi connectivity index (χ4n) is 4.37. The van der Waals surface area contributed by atoms with Gasteiger partial charge in [-0.3, -0.25) is 9.59 Å². The zero-order valence-electron chi connectivity index (χ0n) is 22.5. The number of nitrogens with one attached hydrogen (secondary N) is 1. The number of nitrogens with zero attached hydrogens (tertiary/aromatic N) is 2. The van der Waals surface area contributed by atoms with Gasteiger partial charge in [0, 0.05) is 19.0 Å². The monoisotopic (exact) mass is 511 g/mol. The minimum atomic E-state index is -0.968. The minimum Gasteiger partial charge on any atom is -0.464 e. The molecule has 0 radical (unpaired) electrons. The molecule has 36 heavy (non-hydrogen) atoms. The Morgan fingerprint density at radius 1 is 0.917 bits per heavy atom. The van der Waals surface area contributed by atoms with Gasteiger partial charge in [-0.15, -0.1) is 0 Å². The van der Waals surface area contributed by atoms with E-state index in [1.807, 2.05) is 13.8 Å². The first kappa shape index (κ1) is 29.4. The number of alkyl carbamates (subject to hydrolysis) is 1. The van der Waals surface area contributed by atoms with Crippen LogP contribution in [0.1, 0.15) is 67.7 Å². The molecule has 0 aromatic heterocycles. The molecular formula is C25H41N3O8. The largest absolute Gasteiger partial charge is 0.464 e. The third kappa shape index (κ3) is 7.83. The van der Waals surface area contributed by atoms with Crippen molar-refractivity contribution in [2.75, 3.05) is 26.3 Å². The van der Waals surface area contributed by atoms with Crippen molar-refractivity contribution in [1.29, 1.82) is 0 Å². The van der Waals surface area contributed by atoms with Crippen LogP contribution in [0.2, 0.25) is 0 Å². The summed E-state index contributed by atoms with van der Waals surface area (Å²) in [6.07, 6.45) is 0.566. The van der Waals surface area contributed by atoms with Crippen molar-refractivity contribution < 1.29 is 38.2 Å². The Morgan fingerprint density at radius 2 is 1.42 bits per heavy atom.